The number of para-hydroxylation sites is 1. The molecule has 0 atom stereocenters. The van der Waals surface area contributed by atoms with E-state index in [-0.39, 0.29) is 17.8 Å². The number of halogens is 1. The molecule has 25 heavy (non-hydrogen) atoms. The van der Waals surface area contributed by atoms with Gasteiger partial charge in [-0.1, -0.05) is 36.4 Å². The third-order valence-corrected chi connectivity index (χ3v) is 4.85. The zero-order chi connectivity index (χ0) is 17.2. The number of carbonyl (C=O) groups is 1. The predicted octanol–water partition coefficient (Wildman–Crippen LogP) is 4.36. The molecule has 1 heterocycles. The maximum absolute atomic E-state index is 13.9. The van der Waals surface area contributed by atoms with E-state index in [1.165, 1.54) is 11.5 Å². The molecule has 0 bridgehead atoms. The Kier molecular flexibility index (Phi) is 4.26. The van der Waals surface area contributed by atoms with Crippen molar-refractivity contribution in [1.82, 2.24) is 9.47 Å². The number of aryl methyl sites for hydroxylation is 1. The second-order valence-corrected chi connectivity index (χ2v) is 6.66. The first-order valence-corrected chi connectivity index (χ1v) is 8.79. The van der Waals surface area contributed by atoms with Crippen LogP contribution >= 0.6 is 0 Å². The SMILES string of the molecule is O=C(CCn1ccc2ccccc21)N(Cc1ccccc1F)C1CC1. The third-order valence-electron chi connectivity index (χ3n) is 4.85. The van der Waals surface area contributed by atoms with Gasteiger partial charge in [-0.25, -0.2) is 4.39 Å². The second-order valence-electron chi connectivity index (χ2n) is 6.66. The fraction of sp³-hybridized carbons (Fsp3) is 0.286. The summed E-state index contributed by atoms with van der Waals surface area (Å²) >= 11 is 0. The Morgan fingerprint density at radius 3 is 2.64 bits per heavy atom. The standard InChI is InChI=1S/C21H21FN2O/c22-19-7-3-1-6-17(19)15-24(18-9-10-18)21(25)12-14-23-13-11-16-5-2-4-8-20(16)23/h1-8,11,13,18H,9-10,12,14-15H2. The van der Waals surface area contributed by atoms with Gasteiger partial charge >= 0.3 is 0 Å². The van der Waals surface area contributed by atoms with Crippen LogP contribution in [0.2, 0.25) is 0 Å². The average Bonchev–Trinajstić information content (AvgIpc) is 3.39. The van der Waals surface area contributed by atoms with E-state index in [2.05, 4.69) is 22.8 Å². The normalized spacial score (nSPS) is 14.0. The van der Waals surface area contributed by atoms with Gasteiger partial charge in [0.05, 0.1) is 0 Å². The van der Waals surface area contributed by atoms with Gasteiger partial charge in [-0.3, -0.25) is 4.79 Å². The summed E-state index contributed by atoms with van der Waals surface area (Å²) in [6.45, 7) is 1.01. The monoisotopic (exact) mass is 336 g/mol. The molecule has 4 heteroatoms. The van der Waals surface area contributed by atoms with Gasteiger partial charge in [0.1, 0.15) is 5.82 Å². The first-order valence-electron chi connectivity index (χ1n) is 8.79. The molecule has 0 unspecified atom stereocenters. The van der Waals surface area contributed by atoms with Gasteiger partial charge in [0.2, 0.25) is 5.91 Å². The van der Waals surface area contributed by atoms with Crippen LogP contribution in [0.25, 0.3) is 10.9 Å². The Bertz CT molecular complexity index is 898. The van der Waals surface area contributed by atoms with Crippen LogP contribution in [-0.2, 0) is 17.9 Å². The number of aromatic nitrogens is 1. The first-order chi connectivity index (χ1) is 12.2. The minimum Gasteiger partial charge on any atom is -0.347 e. The number of benzene rings is 2. The van der Waals surface area contributed by atoms with E-state index in [1.807, 2.05) is 29.3 Å². The second kappa shape index (κ2) is 6.71. The molecule has 2 aromatic carbocycles. The zero-order valence-electron chi connectivity index (χ0n) is 14.1. The minimum atomic E-state index is -0.239. The van der Waals surface area contributed by atoms with E-state index < -0.39 is 0 Å². The van der Waals surface area contributed by atoms with Crippen LogP contribution < -0.4 is 0 Å². The number of carbonyl (C=O) groups excluding carboxylic acids is 1. The maximum Gasteiger partial charge on any atom is 0.224 e. The van der Waals surface area contributed by atoms with Crippen molar-refractivity contribution in [2.24, 2.45) is 0 Å². The fourth-order valence-electron chi connectivity index (χ4n) is 3.31. The van der Waals surface area contributed by atoms with Crippen molar-refractivity contribution in [3.63, 3.8) is 0 Å². The maximum atomic E-state index is 13.9. The van der Waals surface area contributed by atoms with Crippen LogP contribution in [0.1, 0.15) is 24.8 Å². The molecule has 0 N–H and O–H groups in total. The Labute approximate surface area is 146 Å². The highest BCUT2D eigenvalue weighted by Crippen LogP contribution is 2.29. The van der Waals surface area contributed by atoms with E-state index in [9.17, 15) is 9.18 Å². The van der Waals surface area contributed by atoms with Crippen molar-refractivity contribution in [1.29, 1.82) is 0 Å². The van der Waals surface area contributed by atoms with Crippen LogP contribution in [0.3, 0.4) is 0 Å². The molecule has 1 saturated carbocycles. The summed E-state index contributed by atoms with van der Waals surface area (Å²) in [6.07, 6.45) is 4.50. The molecular formula is C21H21FN2O. The molecule has 3 nitrogen and oxygen atoms in total. The number of fused-ring (bicyclic) bond motifs is 1. The summed E-state index contributed by atoms with van der Waals surface area (Å²) in [7, 11) is 0. The van der Waals surface area contributed by atoms with Crippen LogP contribution in [0.5, 0.6) is 0 Å². The van der Waals surface area contributed by atoms with Gasteiger partial charge in [0, 0.05) is 42.8 Å². The van der Waals surface area contributed by atoms with Crippen molar-refractivity contribution < 1.29 is 9.18 Å². The number of nitrogens with zero attached hydrogens (tertiary/aromatic N) is 2. The van der Waals surface area contributed by atoms with Crippen molar-refractivity contribution >= 4 is 16.8 Å². The number of amides is 1. The van der Waals surface area contributed by atoms with Crippen LogP contribution in [-0.4, -0.2) is 21.4 Å². The van der Waals surface area contributed by atoms with Gasteiger partial charge in [-0.2, -0.15) is 0 Å². The van der Waals surface area contributed by atoms with Crippen molar-refractivity contribution in [2.45, 2.75) is 38.4 Å². The summed E-state index contributed by atoms with van der Waals surface area (Å²) in [6, 6.07) is 17.2. The average molecular weight is 336 g/mol. The molecule has 1 aromatic heterocycles. The summed E-state index contributed by atoms with van der Waals surface area (Å²) < 4.78 is 16.1. The van der Waals surface area contributed by atoms with Crippen molar-refractivity contribution in [2.75, 3.05) is 0 Å². The van der Waals surface area contributed by atoms with E-state index in [0.717, 1.165) is 18.4 Å². The largest absolute Gasteiger partial charge is 0.347 e. The Morgan fingerprint density at radius 1 is 1.08 bits per heavy atom. The Balaban J connectivity index is 1.45. The van der Waals surface area contributed by atoms with Gasteiger partial charge in [0.15, 0.2) is 0 Å². The van der Waals surface area contributed by atoms with Gasteiger partial charge in [-0.05, 0) is 36.4 Å². The molecule has 1 aliphatic carbocycles. The molecule has 0 radical (unpaired) electrons. The van der Waals surface area contributed by atoms with Crippen molar-refractivity contribution in [3.8, 4) is 0 Å². The van der Waals surface area contributed by atoms with Gasteiger partial charge in [0.25, 0.3) is 0 Å². The molecule has 1 fully saturated rings. The summed E-state index contributed by atoms with van der Waals surface area (Å²) in [4.78, 5) is 14.6. The lowest BCUT2D eigenvalue weighted by atomic mass is 10.2. The minimum absolute atomic E-state index is 0.100. The summed E-state index contributed by atoms with van der Waals surface area (Å²) in [5.74, 6) is -0.138. The quantitative estimate of drug-likeness (QED) is 0.656. The van der Waals surface area contributed by atoms with E-state index in [4.69, 9.17) is 0 Å². The molecule has 0 spiro atoms. The first kappa shape index (κ1) is 15.9. The highest BCUT2D eigenvalue weighted by Gasteiger charge is 2.32. The van der Waals surface area contributed by atoms with Gasteiger partial charge < -0.3 is 9.47 Å². The smallest absolute Gasteiger partial charge is 0.224 e. The summed E-state index contributed by atoms with van der Waals surface area (Å²) in [5, 5.41) is 1.18. The van der Waals surface area contributed by atoms with Gasteiger partial charge in [-0.15, -0.1) is 0 Å². The molecule has 0 aliphatic heterocycles. The predicted molar refractivity (Wildman–Crippen MR) is 96.5 cm³/mol. The third kappa shape index (κ3) is 3.43. The zero-order valence-corrected chi connectivity index (χ0v) is 14.1. The molecular weight excluding hydrogens is 315 g/mol. The molecule has 0 saturated heterocycles. The lowest BCUT2D eigenvalue weighted by molar-refractivity contribution is -0.132. The van der Waals surface area contributed by atoms with Crippen molar-refractivity contribution in [3.05, 3.63) is 72.2 Å². The van der Waals surface area contributed by atoms with E-state index in [1.54, 1.807) is 12.1 Å². The molecule has 4 rings (SSSR count). The highest BCUT2D eigenvalue weighted by molar-refractivity contribution is 5.80. The Hall–Kier alpha value is -2.62. The lowest BCUT2D eigenvalue weighted by Crippen LogP contribution is -2.33. The van der Waals surface area contributed by atoms with Crippen LogP contribution in [0.4, 0.5) is 4.39 Å². The fourth-order valence-corrected chi connectivity index (χ4v) is 3.31. The van der Waals surface area contributed by atoms with E-state index in [0.29, 0.717) is 25.1 Å². The molecule has 1 aliphatic rings. The number of rotatable bonds is 6. The molecule has 3 aromatic rings. The Morgan fingerprint density at radius 2 is 1.84 bits per heavy atom. The van der Waals surface area contributed by atoms with Crippen LogP contribution in [0, 0.1) is 5.82 Å². The number of hydrogen-bond donors (Lipinski definition) is 0. The summed E-state index contributed by atoms with van der Waals surface area (Å²) in [5.41, 5.74) is 1.73. The molecule has 1 amide bonds. The van der Waals surface area contributed by atoms with Crippen LogP contribution in [0.15, 0.2) is 60.8 Å². The lowest BCUT2D eigenvalue weighted by Gasteiger charge is -2.23. The highest BCUT2D eigenvalue weighted by atomic mass is 19.1. The topological polar surface area (TPSA) is 25.2 Å². The number of hydrogen-bond acceptors (Lipinski definition) is 1. The van der Waals surface area contributed by atoms with E-state index >= 15 is 0 Å². The molecule has 128 valence electrons.